The predicted molar refractivity (Wildman–Crippen MR) is 137 cm³/mol. The largest absolute Gasteiger partial charge is 0.493 e. The highest BCUT2D eigenvalue weighted by molar-refractivity contribution is 5.84. The van der Waals surface area contributed by atoms with Crippen molar-refractivity contribution in [3.05, 3.63) is 35.4 Å². The quantitative estimate of drug-likeness (QED) is 0.492. The van der Waals surface area contributed by atoms with Crippen LogP contribution < -0.4 is 29.6 Å². The van der Waals surface area contributed by atoms with Gasteiger partial charge in [0.15, 0.2) is 18.2 Å². The minimum Gasteiger partial charge on any atom is -0.493 e. The van der Waals surface area contributed by atoms with Gasteiger partial charge >= 0.3 is 0 Å². The number of rotatable bonds is 9. The van der Waals surface area contributed by atoms with Gasteiger partial charge in [0, 0.05) is 25.6 Å². The molecule has 2 aromatic rings. The number of nitrogens with zero attached hydrogens (tertiary/aromatic N) is 1. The van der Waals surface area contributed by atoms with Crippen LogP contribution in [-0.2, 0) is 20.7 Å². The van der Waals surface area contributed by atoms with E-state index in [1.54, 1.807) is 21.3 Å². The fraction of sp³-hybridized carbons (Fsp3) is 0.481. The molecule has 0 saturated carbocycles. The molecule has 37 heavy (non-hydrogen) atoms. The molecule has 0 bridgehead atoms. The van der Waals surface area contributed by atoms with Crippen LogP contribution in [0.1, 0.15) is 30.5 Å². The lowest BCUT2D eigenvalue weighted by Crippen LogP contribution is -2.43. The average molecular weight is 514 g/mol. The third-order valence-corrected chi connectivity index (χ3v) is 6.64. The van der Waals surface area contributed by atoms with E-state index in [1.807, 2.05) is 29.2 Å². The van der Waals surface area contributed by atoms with E-state index in [0.717, 1.165) is 35.3 Å². The first-order valence-electron chi connectivity index (χ1n) is 12.4. The predicted octanol–water partition coefficient (Wildman–Crippen LogP) is 2.29. The summed E-state index contributed by atoms with van der Waals surface area (Å²) >= 11 is 0. The van der Waals surface area contributed by atoms with E-state index in [-0.39, 0.29) is 24.6 Å². The Bertz CT molecular complexity index is 1130. The van der Waals surface area contributed by atoms with Gasteiger partial charge < -0.3 is 34.3 Å². The number of fused-ring (bicyclic) bond motifs is 3. The maximum atomic E-state index is 12.3. The zero-order valence-corrected chi connectivity index (χ0v) is 21.8. The van der Waals surface area contributed by atoms with Gasteiger partial charge in [-0.2, -0.15) is 0 Å². The van der Waals surface area contributed by atoms with Crippen LogP contribution in [0.4, 0.5) is 0 Å². The SMILES string of the molecule is COc1cc2c(c(OC)c1OC)-c1ccc(OCNC(=O)CN3CCOCC3)cc1[C@@H](NC(C)=O)CC2. The average Bonchev–Trinajstić information content (AvgIpc) is 3.04. The van der Waals surface area contributed by atoms with Gasteiger partial charge in [-0.05, 0) is 47.7 Å². The Labute approximate surface area is 217 Å². The van der Waals surface area contributed by atoms with Crippen molar-refractivity contribution in [3.8, 4) is 34.1 Å². The number of benzene rings is 2. The van der Waals surface area contributed by atoms with Crippen LogP contribution in [0.2, 0.25) is 0 Å². The molecule has 200 valence electrons. The van der Waals surface area contributed by atoms with Gasteiger partial charge in [0.2, 0.25) is 17.6 Å². The minimum absolute atomic E-state index is 0.0394. The van der Waals surface area contributed by atoms with E-state index in [1.165, 1.54) is 6.92 Å². The van der Waals surface area contributed by atoms with Crippen LogP contribution >= 0.6 is 0 Å². The molecule has 4 rings (SSSR count). The van der Waals surface area contributed by atoms with Crippen LogP contribution in [0.15, 0.2) is 24.3 Å². The Morgan fingerprint density at radius 1 is 1.05 bits per heavy atom. The molecule has 0 aromatic heterocycles. The van der Waals surface area contributed by atoms with Crippen molar-refractivity contribution in [1.82, 2.24) is 15.5 Å². The molecule has 2 aromatic carbocycles. The van der Waals surface area contributed by atoms with Gasteiger partial charge in [-0.15, -0.1) is 0 Å². The fourth-order valence-electron chi connectivity index (χ4n) is 4.91. The zero-order chi connectivity index (χ0) is 26.4. The lowest BCUT2D eigenvalue weighted by molar-refractivity contribution is -0.124. The summed E-state index contributed by atoms with van der Waals surface area (Å²) in [6, 6.07) is 7.44. The monoisotopic (exact) mass is 513 g/mol. The molecule has 1 atom stereocenters. The van der Waals surface area contributed by atoms with Crippen LogP contribution in [0.25, 0.3) is 11.1 Å². The van der Waals surface area contributed by atoms with Crippen LogP contribution in [0, 0.1) is 0 Å². The van der Waals surface area contributed by atoms with Crippen molar-refractivity contribution < 1.29 is 33.3 Å². The molecule has 0 unspecified atom stereocenters. The Balaban J connectivity index is 1.60. The van der Waals surface area contributed by atoms with Crippen molar-refractivity contribution in [3.63, 3.8) is 0 Å². The minimum atomic E-state index is -0.235. The number of carbonyl (C=O) groups is 2. The van der Waals surface area contributed by atoms with E-state index in [0.29, 0.717) is 55.6 Å². The van der Waals surface area contributed by atoms with Crippen LogP contribution in [-0.4, -0.2) is 77.6 Å². The van der Waals surface area contributed by atoms with Gasteiger partial charge in [0.25, 0.3) is 0 Å². The number of methoxy groups -OCH3 is 3. The first-order chi connectivity index (χ1) is 17.9. The maximum Gasteiger partial charge on any atom is 0.236 e. The summed E-state index contributed by atoms with van der Waals surface area (Å²) in [7, 11) is 4.77. The fourth-order valence-corrected chi connectivity index (χ4v) is 4.91. The molecular formula is C27H35N3O7. The molecule has 0 spiro atoms. The number of aryl methyl sites for hydroxylation is 1. The summed E-state index contributed by atoms with van der Waals surface area (Å²) in [4.78, 5) is 26.4. The second-order valence-electron chi connectivity index (χ2n) is 9.00. The maximum absolute atomic E-state index is 12.3. The summed E-state index contributed by atoms with van der Waals surface area (Å²) in [5, 5.41) is 5.88. The molecule has 1 aliphatic heterocycles. The second kappa shape index (κ2) is 12.2. The third kappa shape index (κ3) is 6.08. The smallest absolute Gasteiger partial charge is 0.236 e. The Kier molecular flexibility index (Phi) is 8.73. The standard InChI is InChI=1S/C27H35N3O7/c1-17(31)29-22-8-5-18-13-23(33-2)26(34-3)27(35-4)25(18)20-7-6-19(14-21(20)22)37-16-28-24(32)15-30-9-11-36-12-10-30/h6-7,13-14,22H,5,8-12,15-16H2,1-4H3,(H,28,32)(H,29,31)/t22-/m0/s1. The molecule has 0 radical (unpaired) electrons. The van der Waals surface area contributed by atoms with Gasteiger partial charge in [-0.3, -0.25) is 14.5 Å². The topological polar surface area (TPSA) is 108 Å². The molecule has 1 fully saturated rings. The summed E-state index contributed by atoms with van der Waals surface area (Å²) in [5.74, 6) is 2.04. The second-order valence-corrected chi connectivity index (χ2v) is 9.00. The number of morpholine rings is 1. The molecule has 2 N–H and O–H groups in total. The lowest BCUT2D eigenvalue weighted by Gasteiger charge is -2.25. The molecular weight excluding hydrogens is 478 g/mol. The van der Waals surface area contributed by atoms with E-state index in [2.05, 4.69) is 10.6 Å². The van der Waals surface area contributed by atoms with E-state index in [9.17, 15) is 9.59 Å². The molecule has 1 aliphatic carbocycles. The van der Waals surface area contributed by atoms with Gasteiger partial charge in [0.05, 0.1) is 47.1 Å². The Morgan fingerprint density at radius 2 is 1.81 bits per heavy atom. The van der Waals surface area contributed by atoms with Crippen molar-refractivity contribution in [2.24, 2.45) is 0 Å². The number of amides is 2. The van der Waals surface area contributed by atoms with Gasteiger partial charge in [-0.1, -0.05) is 6.07 Å². The summed E-state index contributed by atoms with van der Waals surface area (Å²) in [6.07, 6.45) is 1.37. The highest BCUT2D eigenvalue weighted by Crippen LogP contribution is 2.50. The molecule has 2 aliphatic rings. The Morgan fingerprint density at radius 3 is 2.49 bits per heavy atom. The first-order valence-corrected chi connectivity index (χ1v) is 12.4. The van der Waals surface area contributed by atoms with E-state index in [4.69, 9.17) is 23.7 Å². The van der Waals surface area contributed by atoms with E-state index < -0.39 is 0 Å². The van der Waals surface area contributed by atoms with Crippen LogP contribution in [0.5, 0.6) is 23.0 Å². The number of hydrogen-bond acceptors (Lipinski definition) is 8. The number of hydrogen-bond donors (Lipinski definition) is 2. The van der Waals surface area contributed by atoms with Crippen molar-refractivity contribution in [1.29, 1.82) is 0 Å². The Hall–Kier alpha value is -3.50. The number of nitrogens with one attached hydrogen (secondary N) is 2. The van der Waals surface area contributed by atoms with Crippen molar-refractivity contribution in [2.45, 2.75) is 25.8 Å². The number of carbonyl (C=O) groups excluding carboxylic acids is 2. The van der Waals surface area contributed by atoms with Gasteiger partial charge in [-0.25, -0.2) is 0 Å². The highest BCUT2D eigenvalue weighted by atomic mass is 16.5. The van der Waals surface area contributed by atoms with Crippen molar-refractivity contribution >= 4 is 11.8 Å². The lowest BCUT2D eigenvalue weighted by atomic mass is 9.93. The molecule has 2 amide bonds. The normalized spacial score (nSPS) is 17.0. The first kappa shape index (κ1) is 26.6. The third-order valence-electron chi connectivity index (χ3n) is 6.64. The highest BCUT2D eigenvalue weighted by Gasteiger charge is 2.29. The zero-order valence-electron chi connectivity index (χ0n) is 21.8. The van der Waals surface area contributed by atoms with Gasteiger partial charge in [0.1, 0.15) is 5.75 Å². The van der Waals surface area contributed by atoms with Crippen molar-refractivity contribution in [2.75, 3.05) is 60.9 Å². The molecule has 1 saturated heterocycles. The number of ether oxygens (including phenoxy) is 5. The van der Waals surface area contributed by atoms with E-state index >= 15 is 0 Å². The summed E-state index contributed by atoms with van der Waals surface area (Å²) in [5.41, 5.74) is 3.74. The van der Waals surface area contributed by atoms with Crippen LogP contribution in [0.3, 0.4) is 0 Å². The summed E-state index contributed by atoms with van der Waals surface area (Å²) < 4.78 is 28.2. The molecule has 10 nitrogen and oxygen atoms in total. The molecule has 1 heterocycles. The molecule has 10 heteroatoms. The summed E-state index contributed by atoms with van der Waals surface area (Å²) in [6.45, 7) is 4.62.